The maximum atomic E-state index is 14.1. The van der Waals surface area contributed by atoms with E-state index in [4.69, 9.17) is 14.6 Å². The van der Waals surface area contributed by atoms with Crippen molar-refractivity contribution in [3.05, 3.63) is 59.4 Å². The molecule has 3 rings (SSSR count). The fraction of sp³-hybridized carbons (Fsp3) is 0.143. The molecule has 9 nitrogen and oxygen atoms in total. The number of halogens is 1. The number of ether oxygens (including phenoxy) is 2. The minimum absolute atomic E-state index is 0.141. The zero-order valence-corrected chi connectivity index (χ0v) is 16.4. The molecule has 31 heavy (non-hydrogen) atoms. The number of carboxylic acid groups (broad SMARTS) is 1. The first kappa shape index (κ1) is 21.5. The number of carbonyl (C=O) groups excluding carboxylic acids is 3. The number of anilines is 1. The van der Waals surface area contributed by atoms with Gasteiger partial charge in [-0.15, -0.1) is 0 Å². The molecule has 0 aromatic heterocycles. The summed E-state index contributed by atoms with van der Waals surface area (Å²) >= 11 is 0. The van der Waals surface area contributed by atoms with Gasteiger partial charge in [0.15, 0.2) is 17.6 Å². The maximum Gasteiger partial charge on any atom is 0.344 e. The zero-order valence-electron chi connectivity index (χ0n) is 16.4. The molecule has 1 aliphatic rings. The second-order valence-corrected chi connectivity index (χ2v) is 6.42. The van der Waals surface area contributed by atoms with Crippen molar-refractivity contribution in [1.29, 1.82) is 0 Å². The summed E-state index contributed by atoms with van der Waals surface area (Å²) in [5, 5.41) is 11.0. The van der Waals surface area contributed by atoms with Crippen LogP contribution in [-0.4, -0.2) is 42.1 Å². The number of urea groups is 1. The number of benzene rings is 2. The van der Waals surface area contributed by atoms with Crippen LogP contribution >= 0.6 is 0 Å². The van der Waals surface area contributed by atoms with E-state index >= 15 is 0 Å². The Labute approximate surface area is 175 Å². The molecule has 0 bridgehead atoms. The normalized spacial score (nSPS) is 16.2. The molecule has 0 aliphatic carbocycles. The van der Waals surface area contributed by atoms with E-state index in [-0.39, 0.29) is 17.2 Å². The maximum absolute atomic E-state index is 14.1. The van der Waals surface area contributed by atoms with Crippen LogP contribution in [0.4, 0.5) is 14.9 Å². The highest BCUT2D eigenvalue weighted by Gasteiger charge is 2.38. The predicted octanol–water partition coefficient (Wildman–Crippen LogP) is 2.35. The van der Waals surface area contributed by atoms with Gasteiger partial charge in [-0.3, -0.25) is 14.9 Å². The van der Waals surface area contributed by atoms with E-state index in [0.717, 1.165) is 6.07 Å². The molecule has 1 atom stereocenters. The third kappa shape index (κ3) is 4.37. The Morgan fingerprint density at radius 3 is 2.52 bits per heavy atom. The fourth-order valence-electron chi connectivity index (χ4n) is 2.79. The summed E-state index contributed by atoms with van der Waals surface area (Å²) in [4.78, 5) is 48.8. The summed E-state index contributed by atoms with van der Waals surface area (Å²) in [5.74, 6) is -3.62. The lowest BCUT2D eigenvalue weighted by Crippen LogP contribution is -2.54. The van der Waals surface area contributed by atoms with E-state index in [1.807, 2.05) is 5.32 Å². The Morgan fingerprint density at radius 1 is 1.16 bits per heavy atom. The third-order valence-corrected chi connectivity index (χ3v) is 4.35. The largest absolute Gasteiger partial charge is 0.493 e. The van der Waals surface area contributed by atoms with E-state index < -0.39 is 41.3 Å². The average Bonchev–Trinajstić information content (AvgIpc) is 2.73. The number of aliphatic carboxylic acids is 1. The lowest BCUT2D eigenvalue weighted by molar-refractivity contribution is -0.144. The standard InChI is InChI=1S/C21H17FN2O7/c1-11(20(27)28)31-16-8-7-12(10-17(16)30-2)9-13-18(25)23-21(29)24(19(13)26)15-6-4-3-5-14(15)22/h3-11H,1-2H3,(H,27,28)(H,23,25,29)/b13-9+/t11-/m1/s1. The number of imide groups is 2. The van der Waals surface area contributed by atoms with Crippen molar-refractivity contribution in [2.75, 3.05) is 12.0 Å². The number of nitrogens with one attached hydrogen (secondary N) is 1. The smallest absolute Gasteiger partial charge is 0.344 e. The SMILES string of the molecule is COc1cc(/C=C2\C(=O)NC(=O)N(c3ccccc3F)C2=O)ccc1O[C@H](C)C(=O)O. The molecular formula is C21H17FN2O7. The zero-order chi connectivity index (χ0) is 22.7. The molecule has 0 unspecified atom stereocenters. The van der Waals surface area contributed by atoms with E-state index in [2.05, 4.69) is 0 Å². The first-order valence-corrected chi connectivity index (χ1v) is 8.96. The molecule has 4 amide bonds. The van der Waals surface area contributed by atoms with Crippen LogP contribution in [0.5, 0.6) is 11.5 Å². The molecule has 2 aromatic rings. The minimum Gasteiger partial charge on any atom is -0.493 e. The number of hydrogen-bond acceptors (Lipinski definition) is 6. The van der Waals surface area contributed by atoms with E-state index in [1.165, 1.54) is 56.5 Å². The highest BCUT2D eigenvalue weighted by Crippen LogP contribution is 2.31. The van der Waals surface area contributed by atoms with Crippen molar-refractivity contribution in [1.82, 2.24) is 5.32 Å². The van der Waals surface area contributed by atoms with E-state index in [0.29, 0.717) is 10.5 Å². The van der Waals surface area contributed by atoms with Gasteiger partial charge < -0.3 is 14.6 Å². The molecule has 2 N–H and O–H groups in total. The topological polar surface area (TPSA) is 122 Å². The number of methoxy groups -OCH3 is 1. The van der Waals surface area contributed by atoms with Gasteiger partial charge in [0.25, 0.3) is 11.8 Å². The number of para-hydroxylation sites is 1. The molecule has 160 valence electrons. The molecule has 1 aliphatic heterocycles. The first-order chi connectivity index (χ1) is 14.7. The molecule has 0 saturated carbocycles. The Bertz CT molecular complexity index is 1110. The van der Waals surface area contributed by atoms with Crippen molar-refractivity contribution in [3.63, 3.8) is 0 Å². The molecule has 2 aromatic carbocycles. The summed E-state index contributed by atoms with van der Waals surface area (Å²) < 4.78 is 24.6. The van der Waals surface area contributed by atoms with Crippen LogP contribution < -0.4 is 19.7 Å². The van der Waals surface area contributed by atoms with Crippen LogP contribution in [0.2, 0.25) is 0 Å². The number of rotatable bonds is 6. The number of barbiturate groups is 1. The summed E-state index contributed by atoms with van der Waals surface area (Å²) in [6.45, 7) is 1.34. The van der Waals surface area contributed by atoms with Gasteiger partial charge in [0.05, 0.1) is 12.8 Å². The van der Waals surface area contributed by atoms with Gasteiger partial charge in [-0.1, -0.05) is 18.2 Å². The first-order valence-electron chi connectivity index (χ1n) is 8.96. The fourth-order valence-corrected chi connectivity index (χ4v) is 2.79. The monoisotopic (exact) mass is 428 g/mol. The highest BCUT2D eigenvalue weighted by molar-refractivity contribution is 6.39. The lowest BCUT2D eigenvalue weighted by Gasteiger charge is -2.26. The van der Waals surface area contributed by atoms with Gasteiger partial charge >= 0.3 is 12.0 Å². The second kappa shape index (κ2) is 8.66. The summed E-state index contributed by atoms with van der Waals surface area (Å²) in [7, 11) is 1.33. The Hall–Kier alpha value is -4.21. The highest BCUT2D eigenvalue weighted by atomic mass is 19.1. The van der Waals surface area contributed by atoms with Crippen LogP contribution in [0.25, 0.3) is 6.08 Å². The van der Waals surface area contributed by atoms with Crippen molar-refractivity contribution in [2.24, 2.45) is 0 Å². The quantitative estimate of drug-likeness (QED) is 0.535. The predicted molar refractivity (Wildman–Crippen MR) is 106 cm³/mol. The average molecular weight is 428 g/mol. The van der Waals surface area contributed by atoms with Crippen LogP contribution in [0, 0.1) is 5.82 Å². The van der Waals surface area contributed by atoms with Crippen molar-refractivity contribution in [2.45, 2.75) is 13.0 Å². The number of carbonyl (C=O) groups is 4. The van der Waals surface area contributed by atoms with Gasteiger partial charge in [-0.25, -0.2) is 18.9 Å². The molecule has 1 heterocycles. The Balaban J connectivity index is 1.97. The third-order valence-electron chi connectivity index (χ3n) is 4.35. The summed E-state index contributed by atoms with van der Waals surface area (Å²) in [6, 6.07) is 8.38. The summed E-state index contributed by atoms with van der Waals surface area (Å²) in [5.41, 5.74) is -0.377. The van der Waals surface area contributed by atoms with Gasteiger partial charge in [-0.05, 0) is 42.8 Å². The number of nitrogens with zero attached hydrogens (tertiary/aromatic N) is 1. The van der Waals surface area contributed by atoms with E-state index in [1.54, 1.807) is 0 Å². The molecule has 1 saturated heterocycles. The molecule has 0 radical (unpaired) electrons. The molecule has 1 fully saturated rings. The van der Waals surface area contributed by atoms with Gasteiger partial charge in [0, 0.05) is 0 Å². The van der Waals surface area contributed by atoms with Crippen molar-refractivity contribution < 1.29 is 38.1 Å². The van der Waals surface area contributed by atoms with Crippen LogP contribution in [0.1, 0.15) is 12.5 Å². The Kier molecular flexibility index (Phi) is 6.00. The minimum atomic E-state index is -1.17. The second-order valence-electron chi connectivity index (χ2n) is 6.42. The van der Waals surface area contributed by atoms with Crippen molar-refractivity contribution >= 4 is 35.6 Å². The van der Waals surface area contributed by atoms with Crippen molar-refractivity contribution in [3.8, 4) is 11.5 Å². The van der Waals surface area contributed by atoms with Gasteiger partial charge in [-0.2, -0.15) is 0 Å². The van der Waals surface area contributed by atoms with Crippen LogP contribution in [0.15, 0.2) is 48.0 Å². The van der Waals surface area contributed by atoms with Crippen LogP contribution in [0.3, 0.4) is 0 Å². The van der Waals surface area contributed by atoms with Gasteiger partial charge in [0.2, 0.25) is 0 Å². The summed E-state index contributed by atoms with van der Waals surface area (Å²) in [6.07, 6.45) is 0.0642. The number of amides is 4. The molecular weight excluding hydrogens is 411 g/mol. The lowest BCUT2D eigenvalue weighted by atomic mass is 10.1. The molecule has 10 heteroatoms. The number of carboxylic acids is 1. The number of hydrogen-bond donors (Lipinski definition) is 2. The van der Waals surface area contributed by atoms with Gasteiger partial charge in [0.1, 0.15) is 11.4 Å². The van der Waals surface area contributed by atoms with E-state index in [9.17, 15) is 23.6 Å². The Morgan fingerprint density at radius 2 is 1.87 bits per heavy atom. The van der Waals surface area contributed by atoms with Crippen LogP contribution in [-0.2, 0) is 14.4 Å². The molecule has 0 spiro atoms.